The first-order valence-corrected chi connectivity index (χ1v) is 5.99. The van der Waals surface area contributed by atoms with Gasteiger partial charge >= 0.3 is 0 Å². The van der Waals surface area contributed by atoms with Crippen LogP contribution >= 0.6 is 0 Å². The molecule has 6 nitrogen and oxygen atoms in total. The summed E-state index contributed by atoms with van der Waals surface area (Å²) in [6, 6.07) is 8.62. The molecule has 0 saturated carbocycles. The van der Waals surface area contributed by atoms with Gasteiger partial charge in [-0.05, 0) is 25.0 Å². The molecule has 1 heterocycles. The summed E-state index contributed by atoms with van der Waals surface area (Å²) in [5.41, 5.74) is 0.761. The fraction of sp³-hybridized carbons (Fsp3) is 0.385. The van der Waals surface area contributed by atoms with Crippen molar-refractivity contribution in [2.45, 2.75) is 12.8 Å². The Bertz CT molecular complexity index is 577. The molecule has 0 unspecified atom stereocenters. The lowest BCUT2D eigenvalue weighted by atomic mass is 9.98. The average Bonchev–Trinajstić information content (AvgIpc) is 2.46. The lowest BCUT2D eigenvalue weighted by Gasteiger charge is -2.30. The van der Waals surface area contributed by atoms with Gasteiger partial charge in [-0.15, -0.1) is 0 Å². The molecule has 1 fully saturated rings. The van der Waals surface area contributed by atoms with Crippen LogP contribution in [0.5, 0.6) is 0 Å². The van der Waals surface area contributed by atoms with E-state index in [4.69, 9.17) is 10.5 Å². The molecule has 1 aromatic carbocycles. The molecule has 1 aliphatic heterocycles. The molecule has 19 heavy (non-hydrogen) atoms. The molecule has 0 spiro atoms. The summed E-state index contributed by atoms with van der Waals surface area (Å²) in [5.74, 6) is 0.0358. The number of nitro groups is 1. The van der Waals surface area contributed by atoms with Crippen molar-refractivity contribution in [2.75, 3.05) is 18.0 Å². The molecule has 0 radical (unpaired) electrons. The maximum absolute atomic E-state index is 11.1. The first-order valence-electron chi connectivity index (χ1n) is 5.99. The van der Waals surface area contributed by atoms with Crippen LogP contribution in [0.3, 0.4) is 0 Å². The number of hydrogen-bond donors (Lipinski definition) is 0. The summed E-state index contributed by atoms with van der Waals surface area (Å²) in [5, 5.41) is 28.7. The topological polar surface area (TPSA) is 94.0 Å². The standard InChI is InChI=1S/C13H12N4O2/c14-8-10-3-5-16(6-4-10)12-2-1-11(9-15)7-13(12)17(18)19/h1-2,7,10H,3-6H2. The van der Waals surface area contributed by atoms with Crippen LogP contribution in [-0.4, -0.2) is 18.0 Å². The Morgan fingerprint density at radius 2 is 2.00 bits per heavy atom. The highest BCUT2D eigenvalue weighted by atomic mass is 16.6. The number of benzene rings is 1. The molecule has 0 bridgehead atoms. The third kappa shape index (κ3) is 2.63. The minimum absolute atomic E-state index is 0.0358. The second kappa shape index (κ2) is 5.36. The van der Waals surface area contributed by atoms with E-state index in [-0.39, 0.29) is 17.2 Å². The van der Waals surface area contributed by atoms with Crippen LogP contribution < -0.4 is 4.90 Å². The van der Waals surface area contributed by atoms with Crippen LogP contribution in [0.4, 0.5) is 11.4 Å². The maximum atomic E-state index is 11.1. The van der Waals surface area contributed by atoms with Crippen LogP contribution in [0.1, 0.15) is 18.4 Å². The zero-order valence-corrected chi connectivity index (χ0v) is 10.2. The van der Waals surface area contributed by atoms with E-state index < -0.39 is 4.92 Å². The van der Waals surface area contributed by atoms with Crippen LogP contribution in [-0.2, 0) is 0 Å². The molecular formula is C13H12N4O2. The van der Waals surface area contributed by atoms with Gasteiger partial charge in [0, 0.05) is 25.1 Å². The van der Waals surface area contributed by atoms with E-state index in [0.717, 1.165) is 0 Å². The highest BCUT2D eigenvalue weighted by Gasteiger charge is 2.24. The number of rotatable bonds is 2. The minimum atomic E-state index is -0.466. The fourth-order valence-electron chi connectivity index (χ4n) is 2.26. The molecule has 2 rings (SSSR count). The van der Waals surface area contributed by atoms with Gasteiger partial charge in [0.25, 0.3) is 5.69 Å². The average molecular weight is 256 g/mol. The van der Waals surface area contributed by atoms with E-state index in [2.05, 4.69) is 6.07 Å². The van der Waals surface area contributed by atoms with Gasteiger partial charge in [-0.25, -0.2) is 0 Å². The van der Waals surface area contributed by atoms with Crippen molar-refractivity contribution in [1.29, 1.82) is 10.5 Å². The van der Waals surface area contributed by atoms with E-state index in [9.17, 15) is 10.1 Å². The van der Waals surface area contributed by atoms with Gasteiger partial charge in [0.15, 0.2) is 0 Å². The molecule has 1 aliphatic rings. The Balaban J connectivity index is 2.28. The Kier molecular flexibility index (Phi) is 3.63. The lowest BCUT2D eigenvalue weighted by Crippen LogP contribution is -2.33. The molecule has 6 heteroatoms. The number of nitrogens with zero attached hydrogens (tertiary/aromatic N) is 4. The van der Waals surface area contributed by atoms with Crippen LogP contribution in [0.25, 0.3) is 0 Å². The van der Waals surface area contributed by atoms with Gasteiger partial charge < -0.3 is 4.90 Å². The first kappa shape index (κ1) is 12.8. The summed E-state index contributed by atoms with van der Waals surface area (Å²) in [6.45, 7) is 1.26. The molecular weight excluding hydrogens is 244 g/mol. The minimum Gasteiger partial charge on any atom is -0.366 e. The molecule has 0 atom stereocenters. The molecule has 0 amide bonds. The summed E-state index contributed by atoms with van der Waals surface area (Å²) < 4.78 is 0. The van der Waals surface area contributed by atoms with Crippen molar-refractivity contribution in [3.05, 3.63) is 33.9 Å². The molecule has 1 aromatic rings. The van der Waals surface area contributed by atoms with Crippen LogP contribution in [0.15, 0.2) is 18.2 Å². The number of piperidine rings is 1. The van der Waals surface area contributed by atoms with Crippen molar-refractivity contribution in [3.63, 3.8) is 0 Å². The molecule has 96 valence electrons. The number of nitriles is 2. The normalized spacial score (nSPS) is 15.6. The molecule has 0 N–H and O–H groups in total. The van der Waals surface area contributed by atoms with Crippen molar-refractivity contribution in [1.82, 2.24) is 0 Å². The second-order valence-corrected chi connectivity index (χ2v) is 4.46. The highest BCUT2D eigenvalue weighted by Crippen LogP contribution is 2.32. The van der Waals surface area contributed by atoms with Gasteiger partial charge in [0.05, 0.1) is 22.6 Å². The largest absolute Gasteiger partial charge is 0.366 e. The zero-order chi connectivity index (χ0) is 13.8. The summed E-state index contributed by atoms with van der Waals surface area (Å²) in [6.07, 6.45) is 1.43. The predicted octanol–water partition coefficient (Wildman–Crippen LogP) is 2.21. The molecule has 0 aliphatic carbocycles. The number of hydrogen-bond acceptors (Lipinski definition) is 5. The van der Waals surface area contributed by atoms with Crippen molar-refractivity contribution < 1.29 is 4.92 Å². The fourth-order valence-corrected chi connectivity index (χ4v) is 2.26. The lowest BCUT2D eigenvalue weighted by molar-refractivity contribution is -0.384. The Morgan fingerprint density at radius 3 is 2.53 bits per heavy atom. The van der Waals surface area contributed by atoms with Gasteiger partial charge in [-0.2, -0.15) is 10.5 Å². The first-order chi connectivity index (χ1) is 9.15. The quantitative estimate of drug-likeness (QED) is 0.597. The van der Waals surface area contributed by atoms with Crippen LogP contribution in [0.2, 0.25) is 0 Å². The van der Waals surface area contributed by atoms with Gasteiger partial charge in [-0.3, -0.25) is 10.1 Å². The predicted molar refractivity (Wildman–Crippen MR) is 68.4 cm³/mol. The Hall–Kier alpha value is -2.60. The second-order valence-electron chi connectivity index (χ2n) is 4.46. The maximum Gasteiger partial charge on any atom is 0.293 e. The van der Waals surface area contributed by atoms with Gasteiger partial charge in [0.1, 0.15) is 5.69 Å². The van der Waals surface area contributed by atoms with E-state index in [1.165, 1.54) is 6.07 Å². The third-order valence-electron chi connectivity index (χ3n) is 3.32. The molecule has 0 aromatic heterocycles. The van der Waals surface area contributed by atoms with Crippen molar-refractivity contribution >= 4 is 11.4 Å². The van der Waals surface area contributed by atoms with Crippen molar-refractivity contribution in [3.8, 4) is 12.1 Å². The smallest absolute Gasteiger partial charge is 0.293 e. The number of anilines is 1. The SMILES string of the molecule is N#Cc1ccc(N2CCC(C#N)CC2)c([N+](=O)[O-])c1. The van der Waals surface area contributed by atoms with E-state index >= 15 is 0 Å². The Morgan fingerprint density at radius 1 is 1.32 bits per heavy atom. The summed E-state index contributed by atoms with van der Waals surface area (Å²) >= 11 is 0. The van der Waals surface area contributed by atoms with Crippen LogP contribution in [0, 0.1) is 38.7 Å². The van der Waals surface area contributed by atoms with Gasteiger partial charge in [0.2, 0.25) is 0 Å². The Labute approximate surface area is 110 Å². The van der Waals surface area contributed by atoms with Gasteiger partial charge in [-0.1, -0.05) is 0 Å². The van der Waals surface area contributed by atoms with Crippen molar-refractivity contribution in [2.24, 2.45) is 5.92 Å². The third-order valence-corrected chi connectivity index (χ3v) is 3.32. The highest BCUT2D eigenvalue weighted by molar-refractivity contribution is 5.65. The van der Waals surface area contributed by atoms with E-state index in [0.29, 0.717) is 31.6 Å². The van der Waals surface area contributed by atoms with E-state index in [1.54, 1.807) is 12.1 Å². The summed E-state index contributed by atoms with van der Waals surface area (Å²) in [4.78, 5) is 12.5. The summed E-state index contributed by atoms with van der Waals surface area (Å²) in [7, 11) is 0. The monoisotopic (exact) mass is 256 g/mol. The molecule has 1 saturated heterocycles. The van der Waals surface area contributed by atoms with E-state index in [1.807, 2.05) is 11.0 Å². The number of nitro benzene ring substituents is 1. The zero-order valence-electron chi connectivity index (χ0n) is 10.2.